The first-order valence-corrected chi connectivity index (χ1v) is 8.04. The van der Waals surface area contributed by atoms with Crippen molar-refractivity contribution < 1.29 is 9.59 Å². The summed E-state index contributed by atoms with van der Waals surface area (Å²) in [4.78, 5) is 2.37. The van der Waals surface area contributed by atoms with Gasteiger partial charge in [-0.2, -0.15) is 0 Å². The van der Waals surface area contributed by atoms with Crippen LogP contribution in [0.3, 0.4) is 0 Å². The Morgan fingerprint density at radius 3 is 2.52 bits per heavy atom. The van der Waals surface area contributed by atoms with Crippen LogP contribution in [-0.2, 0) is 6.42 Å². The Bertz CT molecular complexity index is 424. The van der Waals surface area contributed by atoms with Crippen molar-refractivity contribution in [2.45, 2.75) is 19.4 Å². The van der Waals surface area contributed by atoms with Gasteiger partial charge in [-0.3, -0.25) is 4.90 Å². The van der Waals surface area contributed by atoms with Crippen molar-refractivity contribution in [3.8, 4) is 0 Å². The Balaban J connectivity index is 2.02. The monoisotopic (exact) mass is 289 g/mol. The van der Waals surface area contributed by atoms with Gasteiger partial charge in [-0.25, -0.2) is 0 Å². The van der Waals surface area contributed by atoms with E-state index in [9.17, 15) is 0 Å². The largest absolute Gasteiger partial charge is 0.395 e. The number of nitrogens with zero attached hydrogens (tertiary/aromatic N) is 2. The normalized spacial score (nSPS) is 20.1. The van der Waals surface area contributed by atoms with E-state index in [1.807, 2.05) is 0 Å². The van der Waals surface area contributed by atoms with Crippen LogP contribution in [0, 0.1) is 0 Å². The molecule has 1 N–H and O–H groups in total. The van der Waals surface area contributed by atoms with E-state index in [1.54, 1.807) is 0 Å². The maximum atomic E-state index is 9.09. The number of hydrogen-bond acceptors (Lipinski definition) is 2. The zero-order valence-corrected chi connectivity index (χ0v) is 13.2. The molecule has 2 rings (SSSR count). The molecular formula is C18H29N2O+. The van der Waals surface area contributed by atoms with E-state index in [4.69, 9.17) is 5.11 Å². The molecule has 21 heavy (non-hydrogen) atoms. The molecule has 1 atom stereocenters. The van der Waals surface area contributed by atoms with Crippen LogP contribution in [-0.4, -0.2) is 66.4 Å². The molecule has 0 saturated carbocycles. The molecule has 116 valence electrons. The maximum absolute atomic E-state index is 9.09. The second kappa shape index (κ2) is 7.74. The van der Waals surface area contributed by atoms with Gasteiger partial charge in [0.1, 0.15) is 0 Å². The molecule has 1 aliphatic rings. The number of rotatable bonds is 7. The lowest BCUT2D eigenvalue weighted by atomic mass is 10.0. The lowest BCUT2D eigenvalue weighted by molar-refractivity contribution is -0.948. The summed E-state index contributed by atoms with van der Waals surface area (Å²) in [6, 6.07) is 11.4. The highest BCUT2D eigenvalue weighted by molar-refractivity contribution is 5.15. The van der Waals surface area contributed by atoms with Gasteiger partial charge in [-0.1, -0.05) is 36.9 Å². The fraction of sp³-hybridized carbons (Fsp3) is 0.556. The zero-order chi connectivity index (χ0) is 15.1. The molecule has 1 unspecified atom stereocenters. The third-order valence-corrected chi connectivity index (χ3v) is 4.94. The van der Waals surface area contributed by atoms with Crippen molar-refractivity contribution >= 4 is 0 Å². The van der Waals surface area contributed by atoms with Crippen LogP contribution in [0.2, 0.25) is 0 Å². The summed E-state index contributed by atoms with van der Waals surface area (Å²) >= 11 is 0. The number of aliphatic hydroxyl groups is 1. The molecular weight excluding hydrogens is 260 g/mol. The van der Waals surface area contributed by atoms with Gasteiger partial charge in [-0.15, -0.1) is 0 Å². The average molecular weight is 289 g/mol. The third-order valence-electron chi connectivity index (χ3n) is 4.94. The molecule has 0 spiro atoms. The van der Waals surface area contributed by atoms with Crippen LogP contribution >= 0.6 is 0 Å². The fourth-order valence-electron chi connectivity index (χ4n) is 3.48. The molecule has 1 aromatic rings. The van der Waals surface area contributed by atoms with Gasteiger partial charge < -0.3 is 9.59 Å². The van der Waals surface area contributed by atoms with Gasteiger partial charge in [-0.05, 0) is 18.6 Å². The lowest BCUT2D eigenvalue weighted by Gasteiger charge is -2.48. The van der Waals surface area contributed by atoms with E-state index in [1.165, 1.54) is 5.56 Å². The van der Waals surface area contributed by atoms with Crippen molar-refractivity contribution in [2.24, 2.45) is 0 Å². The Morgan fingerprint density at radius 1 is 1.29 bits per heavy atom. The predicted molar refractivity (Wildman–Crippen MR) is 88.2 cm³/mol. The molecule has 0 bridgehead atoms. The van der Waals surface area contributed by atoms with Crippen molar-refractivity contribution in [1.82, 2.24) is 4.90 Å². The topological polar surface area (TPSA) is 23.5 Å². The molecule has 1 fully saturated rings. The SMILES string of the molecule is C=CC[N+]1(C(C)Cc2ccccc2)CCN(CCO)CC1. The van der Waals surface area contributed by atoms with Crippen LogP contribution in [0.25, 0.3) is 0 Å². The van der Waals surface area contributed by atoms with Crippen LogP contribution in [0.4, 0.5) is 0 Å². The third kappa shape index (κ3) is 4.16. The minimum Gasteiger partial charge on any atom is -0.395 e. The fourth-order valence-corrected chi connectivity index (χ4v) is 3.48. The van der Waals surface area contributed by atoms with Crippen LogP contribution < -0.4 is 0 Å². The van der Waals surface area contributed by atoms with Gasteiger partial charge in [0.2, 0.25) is 0 Å². The lowest BCUT2D eigenvalue weighted by Crippen LogP contribution is -2.64. The molecule has 0 radical (unpaired) electrons. The number of β-amino-alcohol motifs (C(OH)–C–C–N with tert-alkyl or cyclic N) is 1. The van der Waals surface area contributed by atoms with Gasteiger partial charge in [0.05, 0.1) is 32.3 Å². The maximum Gasteiger partial charge on any atom is 0.0973 e. The van der Waals surface area contributed by atoms with Crippen molar-refractivity contribution in [3.63, 3.8) is 0 Å². The second-order valence-corrected chi connectivity index (χ2v) is 6.24. The van der Waals surface area contributed by atoms with E-state index < -0.39 is 0 Å². The summed E-state index contributed by atoms with van der Waals surface area (Å²) in [5.74, 6) is 0. The van der Waals surface area contributed by atoms with E-state index in [-0.39, 0.29) is 6.61 Å². The first-order valence-electron chi connectivity index (χ1n) is 8.04. The number of hydrogen-bond donors (Lipinski definition) is 1. The highest BCUT2D eigenvalue weighted by atomic mass is 16.3. The quantitative estimate of drug-likeness (QED) is 0.612. The number of piperazine rings is 1. The summed E-state index contributed by atoms with van der Waals surface area (Å²) in [5, 5.41) is 9.09. The van der Waals surface area contributed by atoms with Crippen LogP contribution in [0.1, 0.15) is 12.5 Å². The van der Waals surface area contributed by atoms with Gasteiger partial charge >= 0.3 is 0 Å². The molecule has 1 aromatic carbocycles. The number of benzene rings is 1. The van der Waals surface area contributed by atoms with Gasteiger partial charge in [0.15, 0.2) is 0 Å². The molecule has 3 heteroatoms. The van der Waals surface area contributed by atoms with Gasteiger partial charge in [0, 0.05) is 26.1 Å². The summed E-state index contributed by atoms with van der Waals surface area (Å²) < 4.78 is 1.13. The molecule has 1 saturated heterocycles. The number of aliphatic hydroxyl groups excluding tert-OH is 1. The molecule has 1 aliphatic heterocycles. The highest BCUT2D eigenvalue weighted by Crippen LogP contribution is 2.21. The minimum absolute atomic E-state index is 0.265. The highest BCUT2D eigenvalue weighted by Gasteiger charge is 2.36. The first-order chi connectivity index (χ1) is 10.2. The Kier molecular flexibility index (Phi) is 5.97. The first kappa shape index (κ1) is 16.2. The number of quaternary nitrogens is 1. The van der Waals surface area contributed by atoms with Crippen molar-refractivity contribution in [2.75, 3.05) is 45.9 Å². The standard InChI is InChI=1S/C18H29N2O/c1-3-12-20(13-9-19(10-14-20)11-15-21)17(2)16-18-7-5-4-6-8-18/h3-8,17,21H,1,9-16H2,2H3/q+1. The van der Waals surface area contributed by atoms with E-state index >= 15 is 0 Å². The Morgan fingerprint density at radius 2 is 1.95 bits per heavy atom. The molecule has 3 nitrogen and oxygen atoms in total. The second-order valence-electron chi connectivity index (χ2n) is 6.24. The Hall–Kier alpha value is -1.16. The summed E-state index contributed by atoms with van der Waals surface area (Å²) in [5.41, 5.74) is 1.42. The van der Waals surface area contributed by atoms with Crippen LogP contribution in [0.5, 0.6) is 0 Å². The zero-order valence-electron chi connectivity index (χ0n) is 13.2. The smallest absolute Gasteiger partial charge is 0.0973 e. The summed E-state index contributed by atoms with van der Waals surface area (Å²) in [6.07, 6.45) is 3.19. The molecule has 0 aromatic heterocycles. The molecule has 1 heterocycles. The minimum atomic E-state index is 0.265. The van der Waals surface area contributed by atoms with Crippen LogP contribution in [0.15, 0.2) is 43.0 Å². The van der Waals surface area contributed by atoms with Crippen molar-refractivity contribution in [3.05, 3.63) is 48.6 Å². The van der Waals surface area contributed by atoms with E-state index in [0.29, 0.717) is 6.04 Å². The predicted octanol–water partition coefficient (Wildman–Crippen LogP) is 1.93. The van der Waals surface area contributed by atoms with E-state index in [2.05, 4.69) is 54.8 Å². The van der Waals surface area contributed by atoms with Gasteiger partial charge in [0.25, 0.3) is 0 Å². The summed E-state index contributed by atoms with van der Waals surface area (Å²) in [6.45, 7) is 12.9. The van der Waals surface area contributed by atoms with E-state index in [0.717, 1.165) is 50.2 Å². The van der Waals surface area contributed by atoms with Crippen molar-refractivity contribution in [1.29, 1.82) is 0 Å². The molecule has 0 aliphatic carbocycles. The Labute approximate surface area is 129 Å². The average Bonchev–Trinajstić information content (AvgIpc) is 2.51. The summed E-state index contributed by atoms with van der Waals surface area (Å²) in [7, 11) is 0. The molecule has 0 amide bonds.